The van der Waals surface area contributed by atoms with Crippen LogP contribution in [0.4, 0.5) is 0 Å². The van der Waals surface area contributed by atoms with Crippen LogP contribution >= 0.6 is 11.6 Å². The molecule has 0 amide bonds. The third kappa shape index (κ3) is 3.69. The normalized spacial score (nSPS) is 14.9. The lowest BCUT2D eigenvalue weighted by Gasteiger charge is -2.22. The summed E-state index contributed by atoms with van der Waals surface area (Å²) >= 11 is 6.22. The molecule has 0 aliphatic rings. The molecule has 1 heterocycles. The first kappa shape index (κ1) is 14.5. The molecule has 1 aromatic rings. The maximum absolute atomic E-state index is 6.22. The molecule has 1 rings (SSSR count). The molecule has 0 spiro atoms. The highest BCUT2D eigenvalue weighted by Gasteiger charge is 2.17. The Labute approximate surface area is 108 Å². The van der Waals surface area contributed by atoms with Crippen LogP contribution in [-0.2, 0) is 24.8 Å². The molecule has 0 saturated carbocycles. The van der Waals surface area contributed by atoms with Gasteiger partial charge in [0.15, 0.2) is 0 Å². The first-order valence-corrected chi connectivity index (χ1v) is 6.36. The van der Waals surface area contributed by atoms with Gasteiger partial charge in [-0.05, 0) is 19.8 Å². The zero-order valence-electron chi connectivity index (χ0n) is 11.1. The van der Waals surface area contributed by atoms with Crippen LogP contribution in [0, 0.1) is 0 Å². The van der Waals surface area contributed by atoms with Gasteiger partial charge < -0.3 is 10.5 Å². The SMILES string of the molecule is CCc1nn(C)c(COCC(C)(N)CC)c1Cl. The van der Waals surface area contributed by atoms with Crippen LogP contribution in [0.15, 0.2) is 0 Å². The van der Waals surface area contributed by atoms with Crippen LogP contribution in [0.25, 0.3) is 0 Å². The number of rotatable bonds is 6. The lowest BCUT2D eigenvalue weighted by Crippen LogP contribution is -2.40. The van der Waals surface area contributed by atoms with Gasteiger partial charge in [0, 0.05) is 12.6 Å². The van der Waals surface area contributed by atoms with Gasteiger partial charge >= 0.3 is 0 Å². The Kier molecular flexibility index (Phi) is 4.98. The topological polar surface area (TPSA) is 53.1 Å². The molecule has 5 heteroatoms. The van der Waals surface area contributed by atoms with E-state index in [1.54, 1.807) is 4.68 Å². The fourth-order valence-electron chi connectivity index (χ4n) is 1.46. The van der Waals surface area contributed by atoms with E-state index in [2.05, 4.69) is 12.0 Å². The highest BCUT2D eigenvalue weighted by molar-refractivity contribution is 6.31. The van der Waals surface area contributed by atoms with Crippen molar-refractivity contribution >= 4 is 11.6 Å². The molecular weight excluding hydrogens is 238 g/mol. The van der Waals surface area contributed by atoms with E-state index in [4.69, 9.17) is 22.1 Å². The van der Waals surface area contributed by atoms with Gasteiger partial charge in [0.05, 0.1) is 29.6 Å². The summed E-state index contributed by atoms with van der Waals surface area (Å²) in [5, 5.41) is 5.05. The van der Waals surface area contributed by atoms with E-state index in [9.17, 15) is 0 Å². The number of halogens is 1. The van der Waals surface area contributed by atoms with Gasteiger partial charge in [0.25, 0.3) is 0 Å². The van der Waals surface area contributed by atoms with Crippen molar-refractivity contribution in [1.29, 1.82) is 0 Å². The Morgan fingerprint density at radius 2 is 2.12 bits per heavy atom. The van der Waals surface area contributed by atoms with Gasteiger partial charge in [-0.15, -0.1) is 0 Å². The first-order chi connectivity index (χ1) is 7.91. The predicted molar refractivity (Wildman–Crippen MR) is 70.1 cm³/mol. The molecule has 0 aliphatic heterocycles. The second-order valence-corrected chi connectivity index (χ2v) is 5.06. The Hall–Kier alpha value is -0.580. The van der Waals surface area contributed by atoms with Crippen molar-refractivity contribution in [3.8, 4) is 0 Å². The van der Waals surface area contributed by atoms with Crippen molar-refractivity contribution < 1.29 is 4.74 Å². The van der Waals surface area contributed by atoms with E-state index < -0.39 is 0 Å². The molecule has 4 nitrogen and oxygen atoms in total. The van der Waals surface area contributed by atoms with Crippen molar-refractivity contribution in [2.75, 3.05) is 6.61 Å². The molecule has 0 bridgehead atoms. The average Bonchev–Trinajstić information content (AvgIpc) is 2.56. The lowest BCUT2D eigenvalue weighted by atomic mass is 10.0. The van der Waals surface area contributed by atoms with Gasteiger partial charge in [0.1, 0.15) is 0 Å². The van der Waals surface area contributed by atoms with Gasteiger partial charge in [-0.1, -0.05) is 25.4 Å². The van der Waals surface area contributed by atoms with Crippen LogP contribution in [0.3, 0.4) is 0 Å². The summed E-state index contributed by atoms with van der Waals surface area (Å²) in [5.41, 5.74) is 7.56. The molecule has 0 saturated heterocycles. The Bertz CT molecular complexity index is 374. The summed E-state index contributed by atoms with van der Waals surface area (Å²) in [5.74, 6) is 0. The predicted octanol–water partition coefficient (Wildman–Crippen LogP) is 2.28. The highest BCUT2D eigenvalue weighted by Crippen LogP contribution is 2.21. The molecule has 1 unspecified atom stereocenters. The average molecular weight is 260 g/mol. The second-order valence-electron chi connectivity index (χ2n) is 4.68. The fraction of sp³-hybridized carbons (Fsp3) is 0.750. The van der Waals surface area contributed by atoms with Crippen LogP contribution in [-0.4, -0.2) is 21.9 Å². The van der Waals surface area contributed by atoms with Crippen molar-refractivity contribution in [3.63, 3.8) is 0 Å². The maximum Gasteiger partial charge on any atom is 0.0900 e. The van der Waals surface area contributed by atoms with E-state index in [0.29, 0.717) is 18.2 Å². The zero-order chi connectivity index (χ0) is 13.1. The molecule has 17 heavy (non-hydrogen) atoms. The molecular formula is C12H22ClN3O. The number of hydrogen-bond acceptors (Lipinski definition) is 3. The Morgan fingerprint density at radius 3 is 2.59 bits per heavy atom. The van der Waals surface area contributed by atoms with E-state index in [0.717, 1.165) is 24.2 Å². The Balaban J connectivity index is 2.61. The monoisotopic (exact) mass is 259 g/mol. The van der Waals surface area contributed by atoms with Crippen LogP contribution in [0.2, 0.25) is 5.02 Å². The minimum absolute atomic E-state index is 0.279. The third-order valence-electron chi connectivity index (χ3n) is 2.98. The minimum atomic E-state index is -0.279. The van der Waals surface area contributed by atoms with Crippen LogP contribution < -0.4 is 5.73 Å². The van der Waals surface area contributed by atoms with E-state index >= 15 is 0 Å². The third-order valence-corrected chi connectivity index (χ3v) is 3.42. The van der Waals surface area contributed by atoms with E-state index in [-0.39, 0.29) is 5.54 Å². The van der Waals surface area contributed by atoms with Crippen molar-refractivity contribution in [1.82, 2.24) is 9.78 Å². The first-order valence-electron chi connectivity index (χ1n) is 5.98. The van der Waals surface area contributed by atoms with Crippen molar-refractivity contribution in [2.24, 2.45) is 12.8 Å². The van der Waals surface area contributed by atoms with Gasteiger partial charge in [-0.2, -0.15) is 5.10 Å². The van der Waals surface area contributed by atoms with Crippen molar-refractivity contribution in [2.45, 2.75) is 45.8 Å². The van der Waals surface area contributed by atoms with Gasteiger partial charge in [0.2, 0.25) is 0 Å². The number of nitrogens with zero attached hydrogens (tertiary/aromatic N) is 2. The second kappa shape index (κ2) is 5.85. The number of aryl methyl sites for hydroxylation is 2. The van der Waals surface area contributed by atoms with E-state index in [1.165, 1.54) is 0 Å². The number of aromatic nitrogens is 2. The minimum Gasteiger partial charge on any atom is -0.373 e. The summed E-state index contributed by atoms with van der Waals surface area (Å²) in [4.78, 5) is 0. The number of hydrogen-bond donors (Lipinski definition) is 1. The molecule has 0 radical (unpaired) electrons. The lowest BCUT2D eigenvalue weighted by molar-refractivity contribution is 0.0739. The van der Waals surface area contributed by atoms with Gasteiger partial charge in [-0.25, -0.2) is 0 Å². The Morgan fingerprint density at radius 1 is 1.47 bits per heavy atom. The summed E-state index contributed by atoms with van der Waals surface area (Å²) in [6, 6.07) is 0. The maximum atomic E-state index is 6.22. The summed E-state index contributed by atoms with van der Waals surface area (Å²) < 4.78 is 7.40. The van der Waals surface area contributed by atoms with Crippen LogP contribution in [0.5, 0.6) is 0 Å². The van der Waals surface area contributed by atoms with E-state index in [1.807, 2.05) is 20.9 Å². The molecule has 0 aliphatic carbocycles. The number of nitrogens with two attached hydrogens (primary N) is 1. The molecule has 1 aromatic heterocycles. The zero-order valence-corrected chi connectivity index (χ0v) is 11.8. The molecule has 1 atom stereocenters. The van der Waals surface area contributed by atoms with Crippen LogP contribution in [0.1, 0.15) is 38.6 Å². The summed E-state index contributed by atoms with van der Waals surface area (Å²) in [6.45, 7) is 7.04. The molecule has 2 N–H and O–H groups in total. The summed E-state index contributed by atoms with van der Waals surface area (Å²) in [7, 11) is 1.88. The van der Waals surface area contributed by atoms with Crippen molar-refractivity contribution in [3.05, 3.63) is 16.4 Å². The standard InChI is InChI=1S/C12H22ClN3O/c1-5-9-11(13)10(16(4)15-9)7-17-8-12(3,14)6-2/h5-8,14H2,1-4H3. The largest absolute Gasteiger partial charge is 0.373 e. The molecule has 0 aromatic carbocycles. The molecule has 0 fully saturated rings. The molecule has 98 valence electrons. The van der Waals surface area contributed by atoms with Gasteiger partial charge in [-0.3, -0.25) is 4.68 Å². The summed E-state index contributed by atoms with van der Waals surface area (Å²) in [6.07, 6.45) is 1.71. The highest BCUT2D eigenvalue weighted by atomic mass is 35.5. The quantitative estimate of drug-likeness (QED) is 0.853. The fourth-order valence-corrected chi connectivity index (χ4v) is 1.81. The number of ether oxygens (including phenoxy) is 1. The smallest absolute Gasteiger partial charge is 0.0900 e.